The summed E-state index contributed by atoms with van der Waals surface area (Å²) in [4.78, 5) is 28.1. The molecule has 0 aliphatic rings. The van der Waals surface area contributed by atoms with E-state index in [-0.39, 0.29) is 18.2 Å². The van der Waals surface area contributed by atoms with Gasteiger partial charge in [0, 0.05) is 18.9 Å². The number of likely N-dealkylation sites (N-methyl/N-ethyl adjacent to an activating group) is 1. The molecule has 0 bridgehead atoms. The van der Waals surface area contributed by atoms with Crippen LogP contribution in [0.2, 0.25) is 0 Å². The van der Waals surface area contributed by atoms with Crippen LogP contribution in [0.3, 0.4) is 0 Å². The molecule has 2 N–H and O–H groups in total. The summed E-state index contributed by atoms with van der Waals surface area (Å²) in [6.45, 7) is 2.05. The van der Waals surface area contributed by atoms with Gasteiger partial charge >= 0.3 is 0 Å². The number of pyridine rings is 1. The van der Waals surface area contributed by atoms with Crippen LogP contribution in [0.1, 0.15) is 22.8 Å². The van der Waals surface area contributed by atoms with Gasteiger partial charge in [-0.05, 0) is 29.5 Å². The van der Waals surface area contributed by atoms with E-state index >= 15 is 0 Å². The zero-order chi connectivity index (χ0) is 16.7. The Bertz CT molecular complexity index is 686. The van der Waals surface area contributed by atoms with Crippen molar-refractivity contribution in [2.75, 3.05) is 18.1 Å². The van der Waals surface area contributed by atoms with E-state index in [1.54, 1.807) is 37.1 Å². The predicted octanol–water partition coefficient (Wildman–Crippen LogP) is 2.73. The number of hydrogen-bond donors (Lipinski definition) is 2. The molecule has 1 heterocycles. The molecular weight excluding hydrogens is 310 g/mol. The number of nitrogens with zero attached hydrogens (tertiary/aromatic N) is 1. The highest BCUT2D eigenvalue weighted by Crippen LogP contribution is 2.18. The Morgan fingerprint density at radius 1 is 1.17 bits per heavy atom. The summed E-state index contributed by atoms with van der Waals surface area (Å²) in [6, 6.07) is 10.9. The van der Waals surface area contributed by atoms with Gasteiger partial charge in [0.2, 0.25) is 5.91 Å². The molecule has 0 radical (unpaired) electrons. The van der Waals surface area contributed by atoms with Crippen molar-refractivity contribution in [2.45, 2.75) is 18.4 Å². The highest BCUT2D eigenvalue weighted by Gasteiger charge is 2.11. The third kappa shape index (κ3) is 4.82. The number of para-hydroxylation sites is 1. The lowest BCUT2D eigenvalue weighted by molar-refractivity contribution is -0.119. The highest BCUT2D eigenvalue weighted by molar-refractivity contribution is 7.99. The molecule has 0 fully saturated rings. The Morgan fingerprint density at radius 3 is 2.61 bits per heavy atom. The van der Waals surface area contributed by atoms with Crippen LogP contribution in [0.4, 0.5) is 5.69 Å². The SMILES string of the molecule is CCSc1ccc(C(=O)Nc2ccccc2CC(=O)NC)cn1. The maximum atomic E-state index is 12.3. The number of thioether (sulfide) groups is 1. The van der Waals surface area contributed by atoms with Crippen LogP contribution in [0.15, 0.2) is 47.6 Å². The summed E-state index contributed by atoms with van der Waals surface area (Å²) in [5.41, 5.74) is 1.89. The largest absolute Gasteiger partial charge is 0.359 e. The van der Waals surface area contributed by atoms with Crippen LogP contribution in [0.5, 0.6) is 0 Å². The molecule has 0 unspecified atom stereocenters. The number of anilines is 1. The van der Waals surface area contributed by atoms with Crippen molar-refractivity contribution in [3.8, 4) is 0 Å². The van der Waals surface area contributed by atoms with Gasteiger partial charge in [-0.25, -0.2) is 4.98 Å². The number of carbonyl (C=O) groups excluding carboxylic acids is 2. The Labute approximate surface area is 139 Å². The van der Waals surface area contributed by atoms with E-state index in [1.165, 1.54) is 0 Å². The van der Waals surface area contributed by atoms with Crippen LogP contribution >= 0.6 is 11.8 Å². The Balaban J connectivity index is 2.12. The molecule has 0 atom stereocenters. The summed E-state index contributed by atoms with van der Waals surface area (Å²) in [5, 5.41) is 6.31. The number of nitrogens with one attached hydrogen (secondary N) is 2. The second-order valence-corrected chi connectivity index (χ2v) is 6.06. The summed E-state index contributed by atoms with van der Waals surface area (Å²) in [5.74, 6) is 0.593. The summed E-state index contributed by atoms with van der Waals surface area (Å²) in [7, 11) is 1.59. The minimum Gasteiger partial charge on any atom is -0.359 e. The average Bonchev–Trinajstić information content (AvgIpc) is 2.57. The molecule has 2 aromatic rings. The number of carbonyl (C=O) groups is 2. The molecule has 120 valence electrons. The first-order chi connectivity index (χ1) is 11.1. The number of benzene rings is 1. The van der Waals surface area contributed by atoms with Gasteiger partial charge in [0.25, 0.3) is 5.91 Å². The highest BCUT2D eigenvalue weighted by atomic mass is 32.2. The standard InChI is InChI=1S/C17H19N3O2S/c1-3-23-16-9-8-13(11-19-16)17(22)20-14-7-5-4-6-12(14)10-15(21)18-2/h4-9,11H,3,10H2,1-2H3,(H,18,21)(H,20,22). The maximum absolute atomic E-state index is 12.3. The van der Waals surface area contributed by atoms with Crippen LogP contribution < -0.4 is 10.6 Å². The second kappa shape index (κ2) is 8.33. The van der Waals surface area contributed by atoms with Crippen molar-refractivity contribution in [3.63, 3.8) is 0 Å². The monoisotopic (exact) mass is 329 g/mol. The molecule has 6 heteroatoms. The minimum atomic E-state index is -0.241. The Morgan fingerprint density at radius 2 is 1.96 bits per heavy atom. The fraction of sp³-hybridized carbons (Fsp3) is 0.235. The van der Waals surface area contributed by atoms with E-state index < -0.39 is 0 Å². The lowest BCUT2D eigenvalue weighted by atomic mass is 10.1. The van der Waals surface area contributed by atoms with Crippen molar-refractivity contribution in [1.82, 2.24) is 10.3 Å². The number of hydrogen-bond acceptors (Lipinski definition) is 4. The molecule has 5 nitrogen and oxygen atoms in total. The predicted molar refractivity (Wildman–Crippen MR) is 92.8 cm³/mol. The summed E-state index contributed by atoms with van der Waals surface area (Å²) < 4.78 is 0. The second-order valence-electron chi connectivity index (χ2n) is 4.78. The fourth-order valence-electron chi connectivity index (χ4n) is 2.00. The zero-order valence-corrected chi connectivity index (χ0v) is 13.9. The van der Waals surface area contributed by atoms with Gasteiger partial charge in [-0.3, -0.25) is 9.59 Å². The first-order valence-corrected chi connectivity index (χ1v) is 8.31. The molecule has 0 saturated carbocycles. The zero-order valence-electron chi connectivity index (χ0n) is 13.1. The summed E-state index contributed by atoms with van der Waals surface area (Å²) >= 11 is 1.62. The van der Waals surface area contributed by atoms with Crippen LogP contribution in [-0.2, 0) is 11.2 Å². The Hall–Kier alpha value is -2.34. The normalized spacial score (nSPS) is 10.2. The average molecular weight is 329 g/mol. The molecule has 0 aliphatic carbocycles. The summed E-state index contributed by atoms with van der Waals surface area (Å²) in [6.07, 6.45) is 1.78. The molecule has 0 saturated heterocycles. The molecule has 2 amide bonds. The third-order valence-corrected chi connectivity index (χ3v) is 4.01. The van der Waals surface area contributed by atoms with Gasteiger partial charge in [0.05, 0.1) is 17.0 Å². The van der Waals surface area contributed by atoms with Gasteiger partial charge in [0.15, 0.2) is 0 Å². The molecule has 1 aromatic carbocycles. The van der Waals surface area contributed by atoms with Gasteiger partial charge in [-0.2, -0.15) is 0 Å². The molecule has 2 rings (SSSR count). The van der Waals surface area contributed by atoms with E-state index in [1.807, 2.05) is 24.3 Å². The number of amides is 2. The fourth-order valence-corrected chi connectivity index (χ4v) is 2.59. The number of aromatic nitrogens is 1. The topological polar surface area (TPSA) is 71.1 Å². The molecule has 0 spiro atoms. The van der Waals surface area contributed by atoms with Crippen LogP contribution in [-0.4, -0.2) is 29.6 Å². The first kappa shape index (κ1) is 17.0. The van der Waals surface area contributed by atoms with Crippen molar-refractivity contribution < 1.29 is 9.59 Å². The van der Waals surface area contributed by atoms with Crippen LogP contribution in [0, 0.1) is 0 Å². The van der Waals surface area contributed by atoms with Crippen molar-refractivity contribution in [3.05, 3.63) is 53.7 Å². The van der Waals surface area contributed by atoms with Gasteiger partial charge in [-0.1, -0.05) is 25.1 Å². The van der Waals surface area contributed by atoms with Gasteiger partial charge in [0.1, 0.15) is 0 Å². The van der Waals surface area contributed by atoms with Crippen molar-refractivity contribution in [2.24, 2.45) is 0 Å². The first-order valence-electron chi connectivity index (χ1n) is 7.32. The van der Waals surface area contributed by atoms with Crippen molar-refractivity contribution >= 4 is 29.3 Å². The third-order valence-electron chi connectivity index (χ3n) is 3.19. The number of rotatable bonds is 6. The smallest absolute Gasteiger partial charge is 0.257 e. The molecular formula is C17H19N3O2S. The van der Waals surface area contributed by atoms with Crippen molar-refractivity contribution in [1.29, 1.82) is 0 Å². The quantitative estimate of drug-likeness (QED) is 0.800. The lowest BCUT2D eigenvalue weighted by Gasteiger charge is -2.10. The van der Waals surface area contributed by atoms with E-state index in [4.69, 9.17) is 0 Å². The van der Waals surface area contributed by atoms with E-state index in [9.17, 15) is 9.59 Å². The molecule has 23 heavy (non-hydrogen) atoms. The maximum Gasteiger partial charge on any atom is 0.257 e. The molecule has 0 aliphatic heterocycles. The minimum absolute atomic E-state index is 0.102. The van der Waals surface area contributed by atoms with E-state index in [2.05, 4.69) is 22.5 Å². The Kier molecular flexibility index (Phi) is 6.17. The van der Waals surface area contributed by atoms with Gasteiger partial charge < -0.3 is 10.6 Å². The van der Waals surface area contributed by atoms with E-state index in [0.29, 0.717) is 11.3 Å². The van der Waals surface area contributed by atoms with Gasteiger partial charge in [-0.15, -0.1) is 11.8 Å². The lowest BCUT2D eigenvalue weighted by Crippen LogP contribution is -2.21. The van der Waals surface area contributed by atoms with Crippen LogP contribution in [0.25, 0.3) is 0 Å². The van der Waals surface area contributed by atoms with E-state index in [0.717, 1.165) is 16.3 Å². The molecule has 1 aromatic heterocycles.